The van der Waals surface area contributed by atoms with Gasteiger partial charge in [0.1, 0.15) is 23.1 Å². The van der Waals surface area contributed by atoms with Gasteiger partial charge in [0.25, 0.3) is 17.7 Å². The van der Waals surface area contributed by atoms with Gasteiger partial charge in [0.15, 0.2) is 6.10 Å². The van der Waals surface area contributed by atoms with E-state index in [0.717, 1.165) is 9.80 Å². The zero-order chi connectivity index (χ0) is 31.1. The third-order valence-electron chi connectivity index (χ3n) is 8.60. The molecular weight excluding hydrogens is 560 g/mol. The molecular formula is C32H33F2N3O6. The fraction of sp³-hybridized carbons (Fsp3) is 0.344. The first-order valence-electron chi connectivity index (χ1n) is 13.8. The number of hydrogen-bond donors (Lipinski definition) is 3. The Morgan fingerprint density at radius 1 is 1.05 bits per heavy atom. The normalized spacial score (nSPS) is 21.9. The van der Waals surface area contributed by atoms with Crippen LogP contribution in [-0.2, 0) is 22.6 Å². The number of carbonyl (C=O) groups is 3. The van der Waals surface area contributed by atoms with Crippen LogP contribution in [0.15, 0.2) is 72.8 Å². The first kappa shape index (κ1) is 30.0. The maximum atomic E-state index is 15.6. The number of amides is 3. The van der Waals surface area contributed by atoms with E-state index < -0.39 is 53.9 Å². The average molecular weight is 594 g/mol. The number of phenolic OH excluding ortho intramolecular Hbond substituents is 1. The first-order chi connectivity index (χ1) is 20.4. The van der Waals surface area contributed by atoms with Gasteiger partial charge in [0.2, 0.25) is 5.91 Å². The Bertz CT molecular complexity index is 1530. The highest BCUT2D eigenvalue weighted by atomic mass is 19.3. The van der Waals surface area contributed by atoms with Crippen molar-refractivity contribution in [3.8, 4) is 11.5 Å². The van der Waals surface area contributed by atoms with Crippen LogP contribution < -0.4 is 10.1 Å². The van der Waals surface area contributed by atoms with Gasteiger partial charge in [-0.05, 0) is 55.7 Å². The van der Waals surface area contributed by atoms with Crippen molar-refractivity contribution >= 4 is 17.7 Å². The largest absolute Gasteiger partial charge is 0.508 e. The number of halogens is 2. The zero-order valence-electron chi connectivity index (χ0n) is 24.0. The van der Waals surface area contributed by atoms with Crippen molar-refractivity contribution in [2.45, 2.75) is 56.5 Å². The van der Waals surface area contributed by atoms with Gasteiger partial charge < -0.3 is 30.1 Å². The van der Waals surface area contributed by atoms with Gasteiger partial charge in [-0.3, -0.25) is 14.4 Å². The predicted molar refractivity (Wildman–Crippen MR) is 153 cm³/mol. The number of aliphatic hydroxyl groups excluding tert-OH is 1. The second-order valence-electron chi connectivity index (χ2n) is 11.2. The lowest BCUT2D eigenvalue weighted by molar-refractivity contribution is -0.193. The van der Waals surface area contributed by atoms with Gasteiger partial charge >= 0.3 is 0 Å². The summed E-state index contributed by atoms with van der Waals surface area (Å²) in [5.74, 6) is -5.40. The monoisotopic (exact) mass is 593 g/mol. The molecule has 2 unspecified atom stereocenters. The number of alkyl halides is 2. The van der Waals surface area contributed by atoms with Gasteiger partial charge in [-0.25, -0.2) is 8.78 Å². The van der Waals surface area contributed by atoms with E-state index in [1.165, 1.54) is 32.2 Å². The Labute approximate surface area is 247 Å². The molecule has 2 heterocycles. The lowest BCUT2D eigenvalue weighted by Crippen LogP contribution is -2.78. The van der Waals surface area contributed by atoms with Crippen LogP contribution >= 0.6 is 0 Å². The molecule has 0 radical (unpaired) electrons. The molecule has 0 spiro atoms. The molecule has 43 heavy (non-hydrogen) atoms. The summed E-state index contributed by atoms with van der Waals surface area (Å²) in [6, 6.07) is 17.1. The predicted octanol–water partition coefficient (Wildman–Crippen LogP) is 3.06. The summed E-state index contributed by atoms with van der Waals surface area (Å²) in [7, 11) is 1.50. The van der Waals surface area contributed by atoms with Crippen LogP contribution in [0.5, 0.6) is 11.5 Å². The number of benzene rings is 3. The average Bonchev–Trinajstić information content (AvgIpc) is 3.19. The first-order valence-corrected chi connectivity index (χ1v) is 13.8. The van der Waals surface area contributed by atoms with Gasteiger partial charge in [0.05, 0.1) is 19.7 Å². The summed E-state index contributed by atoms with van der Waals surface area (Å²) < 4.78 is 36.4. The molecule has 2 fully saturated rings. The molecule has 3 N–H and O–H groups in total. The molecule has 11 heteroatoms. The molecule has 0 saturated carbocycles. The lowest BCUT2D eigenvalue weighted by Gasteiger charge is -2.54. The van der Waals surface area contributed by atoms with E-state index in [1.54, 1.807) is 61.5 Å². The number of carbonyl (C=O) groups excluding carboxylic acids is 3. The van der Waals surface area contributed by atoms with Crippen LogP contribution in [0.4, 0.5) is 8.78 Å². The van der Waals surface area contributed by atoms with Crippen LogP contribution in [0, 0.1) is 6.92 Å². The molecule has 5 rings (SSSR count). The van der Waals surface area contributed by atoms with E-state index in [1.807, 2.05) is 0 Å². The van der Waals surface area contributed by atoms with E-state index in [9.17, 15) is 24.6 Å². The number of β-lactam (4-membered cyclic amide) rings is 1. The van der Waals surface area contributed by atoms with Gasteiger partial charge in [-0.1, -0.05) is 48.5 Å². The molecule has 4 atom stereocenters. The van der Waals surface area contributed by atoms with E-state index in [4.69, 9.17) is 4.74 Å². The van der Waals surface area contributed by atoms with Crippen molar-refractivity contribution in [3.05, 3.63) is 95.1 Å². The molecule has 2 saturated heterocycles. The minimum absolute atomic E-state index is 0.00105. The number of nitrogens with one attached hydrogen (secondary N) is 1. The van der Waals surface area contributed by atoms with Gasteiger partial charge in [-0.15, -0.1) is 0 Å². The number of rotatable bonds is 9. The second kappa shape index (κ2) is 11.3. The molecule has 2 aliphatic heterocycles. The minimum Gasteiger partial charge on any atom is -0.508 e. The van der Waals surface area contributed by atoms with Crippen molar-refractivity contribution in [2.24, 2.45) is 0 Å². The molecule has 3 amide bonds. The smallest absolute Gasteiger partial charge is 0.290 e. The quantitative estimate of drug-likeness (QED) is 0.328. The minimum atomic E-state index is -3.47. The Morgan fingerprint density at radius 2 is 1.72 bits per heavy atom. The highest BCUT2D eigenvalue weighted by Gasteiger charge is 2.77. The summed E-state index contributed by atoms with van der Waals surface area (Å²) >= 11 is 0. The van der Waals surface area contributed by atoms with Crippen LogP contribution in [0.3, 0.4) is 0 Å². The standard InChI is InChI=1S/C32H33F2N3O6/c1-19-23(10-7-11-25(19)38)28(40)35-24(16-20-8-5-4-6-9-20)26(39)29(41)36-18-32(33,34)31(2)27(36)30(42)37(31)17-21-12-14-22(43-3)15-13-21/h4-15,24,26-27,38-39H,16-18H2,1-3H3,(H,35,40)/t24?,26-,27+,31?/m0/s1. The fourth-order valence-corrected chi connectivity index (χ4v) is 5.93. The van der Waals surface area contributed by atoms with Gasteiger partial charge in [0, 0.05) is 17.7 Å². The number of ether oxygens (including phenoxy) is 1. The number of phenols is 1. The van der Waals surface area contributed by atoms with Crippen LogP contribution in [0.1, 0.15) is 34.0 Å². The summed E-state index contributed by atoms with van der Waals surface area (Å²) in [6.07, 6.45) is -1.94. The van der Waals surface area contributed by atoms with E-state index in [0.29, 0.717) is 22.4 Å². The van der Waals surface area contributed by atoms with Crippen molar-refractivity contribution in [2.75, 3.05) is 13.7 Å². The highest BCUT2D eigenvalue weighted by molar-refractivity contribution is 5.99. The summed E-state index contributed by atoms with van der Waals surface area (Å²) in [5, 5.41) is 24.0. The topological polar surface area (TPSA) is 119 Å². The molecule has 2 aliphatic rings. The van der Waals surface area contributed by atoms with E-state index in [2.05, 4.69) is 5.32 Å². The van der Waals surface area contributed by atoms with Crippen molar-refractivity contribution < 1.29 is 38.1 Å². The Hall–Kier alpha value is -4.51. The maximum absolute atomic E-state index is 15.6. The van der Waals surface area contributed by atoms with Crippen molar-refractivity contribution in [1.82, 2.24) is 15.1 Å². The molecule has 0 bridgehead atoms. The SMILES string of the molecule is COc1ccc(CN2C(=O)[C@H]3N(C(=O)[C@@H](O)C(Cc4ccccc4)NC(=O)c4cccc(O)c4C)CC(F)(F)C32C)cc1. The third-order valence-corrected chi connectivity index (χ3v) is 8.60. The molecule has 0 aromatic heterocycles. The summed E-state index contributed by atoms with van der Waals surface area (Å²) in [4.78, 5) is 42.0. The molecule has 0 aliphatic carbocycles. The summed E-state index contributed by atoms with van der Waals surface area (Å²) in [5.41, 5.74) is -0.278. The number of nitrogens with zero attached hydrogens (tertiary/aromatic N) is 2. The van der Waals surface area contributed by atoms with Crippen molar-refractivity contribution in [1.29, 1.82) is 0 Å². The molecule has 3 aromatic carbocycles. The number of likely N-dealkylation sites (tertiary alicyclic amines) is 2. The van der Waals surface area contributed by atoms with E-state index >= 15 is 8.78 Å². The third kappa shape index (κ3) is 5.18. The summed E-state index contributed by atoms with van der Waals surface area (Å²) in [6.45, 7) is 1.64. The molecule has 3 aromatic rings. The van der Waals surface area contributed by atoms with Crippen LogP contribution in [0.25, 0.3) is 0 Å². The zero-order valence-corrected chi connectivity index (χ0v) is 24.0. The highest BCUT2D eigenvalue weighted by Crippen LogP contribution is 2.53. The second-order valence-corrected chi connectivity index (χ2v) is 11.2. The van der Waals surface area contributed by atoms with Crippen LogP contribution in [-0.4, -0.2) is 81.0 Å². The van der Waals surface area contributed by atoms with E-state index in [-0.39, 0.29) is 24.3 Å². The van der Waals surface area contributed by atoms with Gasteiger partial charge in [-0.2, -0.15) is 0 Å². The number of methoxy groups -OCH3 is 1. The fourth-order valence-electron chi connectivity index (χ4n) is 5.93. The van der Waals surface area contributed by atoms with Crippen LogP contribution in [0.2, 0.25) is 0 Å². The lowest BCUT2D eigenvalue weighted by atomic mass is 9.77. The number of fused-ring (bicyclic) bond motifs is 1. The Kier molecular flexibility index (Phi) is 7.87. The van der Waals surface area contributed by atoms with Crippen molar-refractivity contribution in [3.63, 3.8) is 0 Å². The number of aliphatic hydroxyl groups is 1. The Morgan fingerprint density at radius 3 is 2.37 bits per heavy atom. The maximum Gasteiger partial charge on any atom is 0.290 e. The molecule has 226 valence electrons. The Balaban J connectivity index is 1.39. The number of aromatic hydroxyl groups is 1. The molecule has 9 nitrogen and oxygen atoms in total. The number of hydrogen-bond acceptors (Lipinski definition) is 6.